The quantitative estimate of drug-likeness (QED) is 0.566. The SMILES string of the molecule is COc1ccc(NC(=O)c2ccc(Oc3cccnc3)cc2)cc1S(=O)(=O)N1CCOCC1. The van der Waals surface area contributed by atoms with E-state index in [1.807, 2.05) is 0 Å². The molecule has 2 aromatic carbocycles. The number of benzene rings is 2. The number of morpholine rings is 1. The number of sulfonamides is 1. The predicted octanol–water partition coefficient (Wildman–Crippen LogP) is 3.16. The van der Waals surface area contributed by atoms with Crippen molar-refractivity contribution >= 4 is 21.6 Å². The second-order valence-electron chi connectivity index (χ2n) is 7.15. The lowest BCUT2D eigenvalue weighted by molar-refractivity contribution is 0.0729. The zero-order valence-electron chi connectivity index (χ0n) is 17.9. The van der Waals surface area contributed by atoms with E-state index in [1.165, 1.54) is 23.5 Å². The number of nitrogens with zero attached hydrogens (tertiary/aromatic N) is 2. The van der Waals surface area contributed by atoms with Crippen LogP contribution in [0.25, 0.3) is 0 Å². The topological polar surface area (TPSA) is 107 Å². The molecule has 1 aromatic heterocycles. The number of carbonyl (C=O) groups excluding carboxylic acids is 1. The number of carbonyl (C=O) groups is 1. The lowest BCUT2D eigenvalue weighted by Crippen LogP contribution is -2.40. The fourth-order valence-electron chi connectivity index (χ4n) is 3.30. The summed E-state index contributed by atoms with van der Waals surface area (Å²) in [6.45, 7) is 1.18. The van der Waals surface area contributed by atoms with Crippen molar-refractivity contribution in [3.8, 4) is 17.2 Å². The van der Waals surface area contributed by atoms with Gasteiger partial charge in [0.1, 0.15) is 22.1 Å². The molecule has 4 rings (SSSR count). The van der Waals surface area contributed by atoms with Gasteiger partial charge in [0.15, 0.2) is 0 Å². The molecule has 1 aliphatic heterocycles. The molecule has 0 aliphatic carbocycles. The normalized spacial score (nSPS) is 14.5. The van der Waals surface area contributed by atoms with Crippen LogP contribution in [0.2, 0.25) is 0 Å². The van der Waals surface area contributed by atoms with Gasteiger partial charge < -0.3 is 19.5 Å². The summed E-state index contributed by atoms with van der Waals surface area (Å²) in [6.07, 6.45) is 3.24. The van der Waals surface area contributed by atoms with Crippen LogP contribution >= 0.6 is 0 Å². The van der Waals surface area contributed by atoms with Crippen LogP contribution < -0.4 is 14.8 Å². The highest BCUT2D eigenvalue weighted by atomic mass is 32.2. The van der Waals surface area contributed by atoms with Crippen LogP contribution in [0.1, 0.15) is 10.4 Å². The summed E-state index contributed by atoms with van der Waals surface area (Å²) >= 11 is 0. The molecule has 172 valence electrons. The van der Waals surface area contributed by atoms with Crippen LogP contribution in [0.5, 0.6) is 17.2 Å². The van der Waals surface area contributed by atoms with Crippen molar-refractivity contribution in [2.45, 2.75) is 4.90 Å². The Bertz CT molecular complexity index is 1210. The third-order valence-electron chi connectivity index (χ3n) is 5.00. The second-order valence-corrected chi connectivity index (χ2v) is 9.06. The number of anilines is 1. The third kappa shape index (κ3) is 5.30. The minimum Gasteiger partial charge on any atom is -0.495 e. The number of pyridine rings is 1. The number of hydrogen-bond donors (Lipinski definition) is 1. The maximum atomic E-state index is 13.1. The number of methoxy groups -OCH3 is 1. The highest BCUT2D eigenvalue weighted by Gasteiger charge is 2.29. The Labute approximate surface area is 192 Å². The van der Waals surface area contributed by atoms with E-state index in [0.717, 1.165) is 0 Å². The minimum absolute atomic E-state index is 0.00933. The van der Waals surface area contributed by atoms with E-state index >= 15 is 0 Å². The molecule has 0 saturated carbocycles. The Kier molecular flexibility index (Phi) is 6.87. The van der Waals surface area contributed by atoms with Crippen molar-refractivity contribution in [3.05, 3.63) is 72.6 Å². The predicted molar refractivity (Wildman–Crippen MR) is 121 cm³/mol. The summed E-state index contributed by atoms with van der Waals surface area (Å²) < 4.78 is 43.8. The molecule has 1 saturated heterocycles. The largest absolute Gasteiger partial charge is 0.495 e. The molecule has 1 fully saturated rings. The van der Waals surface area contributed by atoms with Crippen molar-refractivity contribution in [1.29, 1.82) is 0 Å². The van der Waals surface area contributed by atoms with Crippen molar-refractivity contribution in [1.82, 2.24) is 9.29 Å². The molecule has 33 heavy (non-hydrogen) atoms. The Hall–Kier alpha value is -3.47. The van der Waals surface area contributed by atoms with Crippen LogP contribution in [-0.4, -0.2) is 57.0 Å². The zero-order valence-corrected chi connectivity index (χ0v) is 18.7. The van der Waals surface area contributed by atoms with Crippen molar-refractivity contribution in [2.75, 3.05) is 38.7 Å². The van der Waals surface area contributed by atoms with Gasteiger partial charge in [0.2, 0.25) is 10.0 Å². The number of rotatable bonds is 7. The number of nitrogens with one attached hydrogen (secondary N) is 1. The molecule has 1 N–H and O–H groups in total. The highest BCUT2D eigenvalue weighted by Crippen LogP contribution is 2.30. The van der Waals surface area contributed by atoms with Gasteiger partial charge in [0.25, 0.3) is 5.91 Å². The molecule has 2 heterocycles. The first kappa shape index (κ1) is 22.7. The molecule has 0 atom stereocenters. The van der Waals surface area contributed by atoms with Gasteiger partial charge in [-0.15, -0.1) is 0 Å². The Morgan fingerprint density at radius 3 is 2.48 bits per heavy atom. The monoisotopic (exact) mass is 469 g/mol. The van der Waals surface area contributed by atoms with Gasteiger partial charge in [0, 0.05) is 30.5 Å². The average Bonchev–Trinajstić information content (AvgIpc) is 2.85. The smallest absolute Gasteiger partial charge is 0.255 e. The summed E-state index contributed by atoms with van der Waals surface area (Å²) in [5.74, 6) is 0.962. The number of hydrogen-bond acceptors (Lipinski definition) is 7. The van der Waals surface area contributed by atoms with Crippen molar-refractivity contribution in [2.24, 2.45) is 0 Å². The Balaban J connectivity index is 1.50. The molecule has 3 aromatic rings. The van der Waals surface area contributed by atoms with Crippen LogP contribution in [0.3, 0.4) is 0 Å². The van der Waals surface area contributed by atoms with Gasteiger partial charge in [-0.2, -0.15) is 4.31 Å². The van der Waals surface area contributed by atoms with E-state index in [1.54, 1.807) is 54.9 Å². The van der Waals surface area contributed by atoms with Crippen LogP contribution in [-0.2, 0) is 14.8 Å². The van der Waals surface area contributed by atoms with Gasteiger partial charge in [-0.3, -0.25) is 9.78 Å². The van der Waals surface area contributed by atoms with Crippen LogP contribution in [0.4, 0.5) is 5.69 Å². The molecule has 9 nitrogen and oxygen atoms in total. The molecule has 1 aliphatic rings. The molecular weight excluding hydrogens is 446 g/mol. The summed E-state index contributed by atoms with van der Waals surface area (Å²) in [4.78, 5) is 16.7. The molecule has 0 radical (unpaired) electrons. The summed E-state index contributed by atoms with van der Waals surface area (Å²) in [6, 6.07) is 14.6. The lowest BCUT2D eigenvalue weighted by atomic mass is 10.2. The highest BCUT2D eigenvalue weighted by molar-refractivity contribution is 7.89. The van der Waals surface area contributed by atoms with Crippen LogP contribution in [0, 0.1) is 0 Å². The van der Waals surface area contributed by atoms with Gasteiger partial charge in [0.05, 0.1) is 26.5 Å². The Morgan fingerprint density at radius 2 is 1.82 bits per heavy atom. The number of ether oxygens (including phenoxy) is 3. The first-order valence-electron chi connectivity index (χ1n) is 10.2. The van der Waals surface area contributed by atoms with E-state index in [9.17, 15) is 13.2 Å². The van der Waals surface area contributed by atoms with Crippen molar-refractivity contribution in [3.63, 3.8) is 0 Å². The lowest BCUT2D eigenvalue weighted by Gasteiger charge is -2.26. The summed E-state index contributed by atoms with van der Waals surface area (Å²) in [7, 11) is -2.40. The number of amides is 1. The third-order valence-corrected chi connectivity index (χ3v) is 6.92. The molecular formula is C23H23N3O6S. The van der Waals surface area contributed by atoms with E-state index in [-0.39, 0.29) is 29.6 Å². The van der Waals surface area contributed by atoms with Gasteiger partial charge >= 0.3 is 0 Å². The summed E-state index contributed by atoms with van der Waals surface area (Å²) in [5, 5.41) is 2.74. The molecule has 0 spiro atoms. The van der Waals surface area contributed by atoms with E-state index in [2.05, 4.69) is 10.3 Å². The van der Waals surface area contributed by atoms with Gasteiger partial charge in [-0.1, -0.05) is 0 Å². The van der Waals surface area contributed by atoms with E-state index < -0.39 is 10.0 Å². The molecule has 0 bridgehead atoms. The molecule has 1 amide bonds. The minimum atomic E-state index is -3.81. The first-order chi connectivity index (χ1) is 16.0. The van der Waals surface area contributed by atoms with Gasteiger partial charge in [-0.25, -0.2) is 8.42 Å². The summed E-state index contributed by atoms with van der Waals surface area (Å²) in [5.41, 5.74) is 0.727. The second kappa shape index (κ2) is 9.99. The van der Waals surface area contributed by atoms with Gasteiger partial charge in [-0.05, 0) is 54.6 Å². The fourth-order valence-corrected chi connectivity index (χ4v) is 4.89. The molecule has 10 heteroatoms. The zero-order chi connectivity index (χ0) is 23.3. The standard InChI is InChI=1S/C23H23N3O6S/c1-30-21-9-6-18(15-22(21)33(28,29)26-11-13-31-14-12-26)25-23(27)17-4-7-19(8-5-17)32-20-3-2-10-24-16-20/h2-10,15-16H,11-14H2,1H3,(H,25,27). The number of aromatic nitrogens is 1. The fraction of sp³-hybridized carbons (Fsp3) is 0.217. The average molecular weight is 470 g/mol. The first-order valence-corrected chi connectivity index (χ1v) is 11.7. The van der Waals surface area contributed by atoms with Crippen LogP contribution in [0.15, 0.2) is 71.9 Å². The van der Waals surface area contributed by atoms with E-state index in [0.29, 0.717) is 36.0 Å². The Morgan fingerprint density at radius 1 is 1.06 bits per heavy atom. The van der Waals surface area contributed by atoms with E-state index in [4.69, 9.17) is 14.2 Å². The maximum Gasteiger partial charge on any atom is 0.255 e. The van der Waals surface area contributed by atoms with Crippen molar-refractivity contribution < 1.29 is 27.4 Å². The molecule has 0 unspecified atom stereocenters. The maximum absolute atomic E-state index is 13.1.